The summed E-state index contributed by atoms with van der Waals surface area (Å²) in [5.74, 6) is 0. The Balaban J connectivity index is 2.50. The van der Waals surface area contributed by atoms with Crippen LogP contribution in [-0.4, -0.2) is 23.5 Å². The minimum Gasteiger partial charge on any atom is -0.326 e. The van der Waals surface area contributed by atoms with Gasteiger partial charge in [-0.05, 0) is 31.6 Å². The van der Waals surface area contributed by atoms with Crippen molar-refractivity contribution in [1.29, 1.82) is 0 Å². The van der Waals surface area contributed by atoms with Gasteiger partial charge in [0.05, 0.1) is 5.69 Å². The topological polar surface area (TPSA) is 42.1 Å². The largest absolute Gasteiger partial charge is 0.326 e. The molecule has 1 aromatic heterocycles. The Kier molecular flexibility index (Phi) is 4.56. The zero-order valence-corrected chi connectivity index (χ0v) is 9.03. The zero-order valence-electron chi connectivity index (χ0n) is 9.03. The van der Waals surface area contributed by atoms with Crippen LogP contribution in [0.3, 0.4) is 0 Å². The van der Waals surface area contributed by atoms with Crippen molar-refractivity contribution >= 4 is 0 Å². The predicted molar refractivity (Wildman–Crippen MR) is 58.8 cm³/mol. The van der Waals surface area contributed by atoms with Crippen molar-refractivity contribution in [3.8, 4) is 0 Å². The lowest BCUT2D eigenvalue weighted by Gasteiger charge is -2.14. The summed E-state index contributed by atoms with van der Waals surface area (Å²) in [6.07, 6.45) is 3.03. The van der Waals surface area contributed by atoms with Crippen LogP contribution in [0.2, 0.25) is 0 Å². The zero-order chi connectivity index (χ0) is 10.4. The summed E-state index contributed by atoms with van der Waals surface area (Å²) in [5.41, 5.74) is 7.70. The van der Waals surface area contributed by atoms with Crippen molar-refractivity contribution in [2.45, 2.75) is 26.4 Å². The van der Waals surface area contributed by atoms with Gasteiger partial charge in [-0.1, -0.05) is 13.0 Å². The number of nitrogens with zero attached hydrogens (tertiary/aromatic N) is 2. The van der Waals surface area contributed by atoms with Crippen molar-refractivity contribution in [2.75, 3.05) is 13.6 Å². The standard InChI is InChI=1S/C11H19N3/c1-3-6-14(2)9-11-5-4-10(7-12)8-13-11/h4-5,8H,3,6-7,9,12H2,1-2H3. The summed E-state index contributed by atoms with van der Waals surface area (Å²) in [6.45, 7) is 4.78. The van der Waals surface area contributed by atoms with Gasteiger partial charge in [-0.2, -0.15) is 0 Å². The third kappa shape index (κ3) is 3.44. The second-order valence-corrected chi connectivity index (χ2v) is 3.60. The molecular weight excluding hydrogens is 174 g/mol. The minimum absolute atomic E-state index is 0.568. The van der Waals surface area contributed by atoms with Crippen LogP contribution in [0.1, 0.15) is 24.6 Å². The maximum atomic E-state index is 5.50. The van der Waals surface area contributed by atoms with Crippen molar-refractivity contribution in [3.63, 3.8) is 0 Å². The highest BCUT2D eigenvalue weighted by molar-refractivity contribution is 5.13. The summed E-state index contributed by atoms with van der Waals surface area (Å²) < 4.78 is 0. The molecule has 0 unspecified atom stereocenters. The van der Waals surface area contributed by atoms with Gasteiger partial charge in [0.15, 0.2) is 0 Å². The Hall–Kier alpha value is -0.930. The molecule has 0 atom stereocenters. The fourth-order valence-corrected chi connectivity index (χ4v) is 1.41. The van der Waals surface area contributed by atoms with E-state index in [1.54, 1.807) is 0 Å². The van der Waals surface area contributed by atoms with Gasteiger partial charge in [-0.3, -0.25) is 4.98 Å². The Labute approximate surface area is 85.9 Å². The first-order valence-electron chi connectivity index (χ1n) is 5.08. The molecule has 0 aliphatic heterocycles. The predicted octanol–water partition coefficient (Wildman–Crippen LogP) is 1.38. The van der Waals surface area contributed by atoms with Crippen LogP contribution in [0, 0.1) is 0 Å². The van der Waals surface area contributed by atoms with E-state index in [4.69, 9.17) is 5.73 Å². The number of nitrogens with two attached hydrogens (primary N) is 1. The molecule has 2 N–H and O–H groups in total. The molecule has 1 aromatic rings. The highest BCUT2D eigenvalue weighted by Gasteiger charge is 1.99. The van der Waals surface area contributed by atoms with Crippen LogP contribution in [0.4, 0.5) is 0 Å². The van der Waals surface area contributed by atoms with E-state index in [2.05, 4.69) is 23.9 Å². The normalized spacial score (nSPS) is 10.9. The molecule has 1 rings (SSSR count). The monoisotopic (exact) mass is 193 g/mol. The van der Waals surface area contributed by atoms with E-state index in [1.807, 2.05) is 18.3 Å². The van der Waals surface area contributed by atoms with Crippen LogP contribution >= 0.6 is 0 Å². The number of hydrogen-bond acceptors (Lipinski definition) is 3. The summed E-state index contributed by atoms with van der Waals surface area (Å²) in [5, 5.41) is 0. The summed E-state index contributed by atoms with van der Waals surface area (Å²) in [6, 6.07) is 4.09. The molecular formula is C11H19N3. The molecule has 0 fully saturated rings. The molecule has 1 heterocycles. The van der Waals surface area contributed by atoms with Crippen LogP contribution in [0.15, 0.2) is 18.3 Å². The lowest BCUT2D eigenvalue weighted by molar-refractivity contribution is 0.323. The third-order valence-electron chi connectivity index (χ3n) is 2.16. The van der Waals surface area contributed by atoms with Gasteiger partial charge in [-0.25, -0.2) is 0 Å². The summed E-state index contributed by atoms with van der Waals surface area (Å²) in [4.78, 5) is 6.62. The van der Waals surface area contributed by atoms with Crippen LogP contribution in [-0.2, 0) is 13.1 Å². The summed E-state index contributed by atoms with van der Waals surface area (Å²) in [7, 11) is 2.11. The fraction of sp³-hybridized carbons (Fsp3) is 0.545. The molecule has 0 aliphatic rings. The lowest BCUT2D eigenvalue weighted by atomic mass is 10.2. The minimum atomic E-state index is 0.568. The van der Waals surface area contributed by atoms with E-state index in [-0.39, 0.29) is 0 Å². The molecule has 0 spiro atoms. The molecule has 0 aromatic carbocycles. The SMILES string of the molecule is CCCN(C)Cc1ccc(CN)cn1. The van der Waals surface area contributed by atoms with E-state index >= 15 is 0 Å². The molecule has 0 radical (unpaired) electrons. The van der Waals surface area contributed by atoms with Gasteiger partial charge in [0.2, 0.25) is 0 Å². The van der Waals surface area contributed by atoms with Crippen LogP contribution in [0.5, 0.6) is 0 Å². The van der Waals surface area contributed by atoms with Gasteiger partial charge in [0.25, 0.3) is 0 Å². The van der Waals surface area contributed by atoms with Crippen LogP contribution in [0.25, 0.3) is 0 Å². The third-order valence-corrected chi connectivity index (χ3v) is 2.16. The van der Waals surface area contributed by atoms with E-state index in [1.165, 1.54) is 6.42 Å². The average molecular weight is 193 g/mol. The number of aromatic nitrogens is 1. The van der Waals surface area contributed by atoms with Gasteiger partial charge < -0.3 is 10.6 Å². The smallest absolute Gasteiger partial charge is 0.0544 e. The van der Waals surface area contributed by atoms with E-state index in [0.717, 1.165) is 24.3 Å². The van der Waals surface area contributed by atoms with E-state index < -0.39 is 0 Å². The Morgan fingerprint density at radius 2 is 2.21 bits per heavy atom. The molecule has 78 valence electrons. The van der Waals surface area contributed by atoms with Crippen molar-refractivity contribution in [3.05, 3.63) is 29.6 Å². The molecule has 14 heavy (non-hydrogen) atoms. The van der Waals surface area contributed by atoms with Crippen LogP contribution < -0.4 is 5.73 Å². The second-order valence-electron chi connectivity index (χ2n) is 3.60. The van der Waals surface area contributed by atoms with Crippen molar-refractivity contribution in [2.24, 2.45) is 5.73 Å². The van der Waals surface area contributed by atoms with E-state index in [9.17, 15) is 0 Å². The van der Waals surface area contributed by atoms with E-state index in [0.29, 0.717) is 6.54 Å². The highest BCUT2D eigenvalue weighted by Crippen LogP contribution is 2.02. The molecule has 0 saturated carbocycles. The maximum Gasteiger partial charge on any atom is 0.0544 e. The Morgan fingerprint density at radius 1 is 1.43 bits per heavy atom. The highest BCUT2D eigenvalue weighted by atomic mass is 15.1. The molecule has 0 saturated heterocycles. The molecule has 0 aliphatic carbocycles. The number of rotatable bonds is 5. The molecule has 0 bridgehead atoms. The second kappa shape index (κ2) is 5.73. The average Bonchev–Trinajstić information content (AvgIpc) is 2.19. The first-order chi connectivity index (χ1) is 6.76. The lowest BCUT2D eigenvalue weighted by Crippen LogP contribution is -2.19. The number of pyridine rings is 1. The fourth-order valence-electron chi connectivity index (χ4n) is 1.41. The van der Waals surface area contributed by atoms with Gasteiger partial charge >= 0.3 is 0 Å². The van der Waals surface area contributed by atoms with Gasteiger partial charge in [0.1, 0.15) is 0 Å². The quantitative estimate of drug-likeness (QED) is 0.768. The first kappa shape index (κ1) is 11.1. The first-order valence-corrected chi connectivity index (χ1v) is 5.08. The summed E-state index contributed by atoms with van der Waals surface area (Å²) >= 11 is 0. The molecule has 0 amide bonds. The number of hydrogen-bond donors (Lipinski definition) is 1. The van der Waals surface area contributed by atoms with Gasteiger partial charge in [-0.15, -0.1) is 0 Å². The van der Waals surface area contributed by atoms with Crippen molar-refractivity contribution < 1.29 is 0 Å². The Morgan fingerprint density at radius 3 is 2.71 bits per heavy atom. The Bertz CT molecular complexity index is 256. The molecule has 3 heteroatoms. The maximum absolute atomic E-state index is 5.50. The van der Waals surface area contributed by atoms with Crippen molar-refractivity contribution in [1.82, 2.24) is 9.88 Å². The van der Waals surface area contributed by atoms with Gasteiger partial charge in [0, 0.05) is 19.3 Å². The molecule has 3 nitrogen and oxygen atoms in total.